The van der Waals surface area contributed by atoms with Crippen LogP contribution in [0.2, 0.25) is 0 Å². The Hall–Kier alpha value is -2.19. The van der Waals surface area contributed by atoms with E-state index in [4.69, 9.17) is 0 Å². The minimum Gasteiger partial charge on any atom is -0.347 e. The van der Waals surface area contributed by atoms with E-state index in [1.807, 2.05) is 0 Å². The van der Waals surface area contributed by atoms with Gasteiger partial charge in [0, 0.05) is 24.5 Å². The van der Waals surface area contributed by atoms with Crippen LogP contribution in [0, 0.1) is 6.92 Å². The molecule has 1 heterocycles. The Labute approximate surface area is 122 Å². The third-order valence-corrected chi connectivity index (χ3v) is 4.35. The summed E-state index contributed by atoms with van der Waals surface area (Å²) >= 11 is 0. The Morgan fingerprint density at radius 2 is 2.14 bits per heavy atom. The van der Waals surface area contributed by atoms with E-state index in [-0.39, 0.29) is 17.3 Å². The lowest BCUT2D eigenvalue weighted by molar-refractivity contribution is -0.114. The summed E-state index contributed by atoms with van der Waals surface area (Å²) in [5.74, 6) is -0.257. The number of imidazole rings is 1. The van der Waals surface area contributed by atoms with Gasteiger partial charge in [0.15, 0.2) is 0 Å². The summed E-state index contributed by atoms with van der Waals surface area (Å²) < 4.78 is 27.1. The first kappa shape index (κ1) is 15.2. The molecule has 3 N–H and O–H groups in total. The van der Waals surface area contributed by atoms with Crippen molar-refractivity contribution in [1.82, 2.24) is 14.7 Å². The first-order chi connectivity index (χ1) is 9.88. The van der Waals surface area contributed by atoms with Crippen LogP contribution in [0.25, 0.3) is 0 Å². The molecule has 2 rings (SSSR count). The number of rotatable bonds is 5. The second-order valence-electron chi connectivity index (χ2n) is 4.56. The van der Waals surface area contributed by atoms with Crippen molar-refractivity contribution in [2.24, 2.45) is 0 Å². The van der Waals surface area contributed by atoms with Crippen LogP contribution < -0.4 is 10.0 Å². The predicted octanol–water partition coefficient (Wildman–Crippen LogP) is 1.16. The predicted molar refractivity (Wildman–Crippen MR) is 78.1 cm³/mol. The molecule has 0 aliphatic carbocycles. The Morgan fingerprint density at radius 1 is 1.38 bits per heavy atom. The smallest absolute Gasteiger partial charge is 0.241 e. The fourth-order valence-corrected chi connectivity index (χ4v) is 3.08. The third kappa shape index (κ3) is 3.89. The monoisotopic (exact) mass is 308 g/mol. The Balaban J connectivity index is 2.23. The van der Waals surface area contributed by atoms with Gasteiger partial charge >= 0.3 is 0 Å². The number of amides is 1. The average Bonchev–Trinajstić information content (AvgIpc) is 2.91. The molecule has 0 aliphatic rings. The van der Waals surface area contributed by atoms with E-state index >= 15 is 0 Å². The van der Waals surface area contributed by atoms with Crippen LogP contribution in [0.1, 0.15) is 18.2 Å². The molecule has 0 bridgehead atoms. The van der Waals surface area contributed by atoms with Crippen LogP contribution in [0.3, 0.4) is 0 Å². The van der Waals surface area contributed by atoms with E-state index in [9.17, 15) is 13.2 Å². The highest BCUT2D eigenvalue weighted by atomic mass is 32.2. The van der Waals surface area contributed by atoms with E-state index in [1.54, 1.807) is 25.3 Å². The van der Waals surface area contributed by atoms with Gasteiger partial charge in [-0.1, -0.05) is 6.07 Å². The molecule has 0 fully saturated rings. The molecule has 0 saturated heterocycles. The fourth-order valence-electron chi connectivity index (χ4n) is 1.80. The second kappa shape index (κ2) is 6.06. The molecule has 2 aromatic rings. The standard InChI is InChI=1S/C13H16N4O3S/c1-9-3-4-11(17-10(2)18)5-13(9)21(19,20)16-7-12-6-14-8-15-12/h3-6,8,16H,7H2,1-2H3,(H,14,15)(H,17,18). The molecule has 0 saturated carbocycles. The fraction of sp³-hybridized carbons (Fsp3) is 0.231. The molecular formula is C13H16N4O3S. The molecule has 0 atom stereocenters. The van der Waals surface area contributed by atoms with Crippen molar-refractivity contribution in [1.29, 1.82) is 0 Å². The normalized spacial score (nSPS) is 11.3. The van der Waals surface area contributed by atoms with Crippen LogP contribution in [0.15, 0.2) is 35.6 Å². The van der Waals surface area contributed by atoms with Gasteiger partial charge in [-0.15, -0.1) is 0 Å². The highest BCUT2D eigenvalue weighted by Gasteiger charge is 2.17. The zero-order chi connectivity index (χ0) is 15.5. The van der Waals surface area contributed by atoms with E-state index < -0.39 is 10.0 Å². The number of hydrogen-bond acceptors (Lipinski definition) is 4. The number of benzene rings is 1. The number of nitrogens with one attached hydrogen (secondary N) is 3. The molecule has 0 radical (unpaired) electrons. The number of carbonyl (C=O) groups is 1. The van der Waals surface area contributed by atoms with Gasteiger partial charge in [-0.2, -0.15) is 0 Å². The third-order valence-electron chi connectivity index (χ3n) is 2.81. The van der Waals surface area contributed by atoms with Crippen molar-refractivity contribution >= 4 is 21.6 Å². The molecule has 0 aliphatic heterocycles. The summed E-state index contributed by atoms with van der Waals surface area (Å²) in [5.41, 5.74) is 1.70. The van der Waals surface area contributed by atoms with Crippen LogP contribution in [-0.4, -0.2) is 24.3 Å². The maximum Gasteiger partial charge on any atom is 0.241 e. The number of aromatic nitrogens is 2. The SMILES string of the molecule is CC(=O)Nc1ccc(C)c(S(=O)(=O)NCc2cnc[nH]2)c1. The Bertz CT molecular complexity index is 739. The zero-order valence-electron chi connectivity index (χ0n) is 11.7. The van der Waals surface area contributed by atoms with Gasteiger partial charge in [-0.3, -0.25) is 4.79 Å². The summed E-state index contributed by atoms with van der Waals surface area (Å²) in [6.45, 7) is 3.18. The Morgan fingerprint density at radius 3 is 2.76 bits per heavy atom. The lowest BCUT2D eigenvalue weighted by Crippen LogP contribution is -2.24. The van der Waals surface area contributed by atoms with E-state index in [0.29, 0.717) is 16.9 Å². The summed E-state index contributed by atoms with van der Waals surface area (Å²) in [4.78, 5) is 17.8. The van der Waals surface area contributed by atoms with Crippen LogP contribution in [-0.2, 0) is 21.4 Å². The summed E-state index contributed by atoms with van der Waals surface area (Å²) in [5, 5.41) is 2.57. The van der Waals surface area contributed by atoms with Gasteiger partial charge in [0.1, 0.15) is 0 Å². The number of aryl methyl sites for hydroxylation is 1. The number of sulfonamides is 1. The van der Waals surface area contributed by atoms with E-state index in [1.165, 1.54) is 19.3 Å². The topological polar surface area (TPSA) is 104 Å². The van der Waals surface area contributed by atoms with Crippen LogP contribution in [0.4, 0.5) is 5.69 Å². The van der Waals surface area contributed by atoms with Gasteiger partial charge in [0.25, 0.3) is 0 Å². The van der Waals surface area contributed by atoms with Crippen molar-refractivity contribution in [2.45, 2.75) is 25.3 Å². The molecule has 1 aromatic carbocycles. The number of nitrogens with zero attached hydrogens (tertiary/aromatic N) is 1. The maximum absolute atomic E-state index is 12.3. The van der Waals surface area contributed by atoms with Crippen molar-refractivity contribution in [3.8, 4) is 0 Å². The molecule has 0 unspecified atom stereocenters. The molecule has 7 nitrogen and oxygen atoms in total. The van der Waals surface area contributed by atoms with Crippen LogP contribution >= 0.6 is 0 Å². The Kier molecular flexibility index (Phi) is 4.39. The van der Waals surface area contributed by atoms with Gasteiger partial charge in [0.05, 0.1) is 17.8 Å². The van der Waals surface area contributed by atoms with Gasteiger partial charge in [-0.25, -0.2) is 18.1 Å². The maximum atomic E-state index is 12.3. The average molecular weight is 308 g/mol. The molecule has 1 aromatic heterocycles. The number of aromatic amines is 1. The van der Waals surface area contributed by atoms with E-state index in [0.717, 1.165) is 0 Å². The number of carbonyl (C=O) groups excluding carboxylic acids is 1. The molecule has 1 amide bonds. The largest absolute Gasteiger partial charge is 0.347 e. The number of H-pyrrole nitrogens is 1. The highest BCUT2D eigenvalue weighted by molar-refractivity contribution is 7.89. The van der Waals surface area contributed by atoms with Crippen molar-refractivity contribution in [2.75, 3.05) is 5.32 Å². The minimum atomic E-state index is -3.67. The first-order valence-corrected chi connectivity index (χ1v) is 7.72. The van der Waals surface area contributed by atoms with Crippen molar-refractivity contribution in [3.05, 3.63) is 42.0 Å². The minimum absolute atomic E-state index is 0.117. The summed E-state index contributed by atoms with van der Waals surface area (Å²) in [6.07, 6.45) is 3.02. The molecule has 0 spiro atoms. The van der Waals surface area contributed by atoms with Crippen molar-refractivity contribution in [3.63, 3.8) is 0 Å². The molecule has 112 valence electrons. The lowest BCUT2D eigenvalue weighted by Gasteiger charge is -2.11. The molecule has 8 heteroatoms. The number of anilines is 1. The summed E-state index contributed by atoms with van der Waals surface area (Å²) in [6, 6.07) is 4.74. The quantitative estimate of drug-likeness (QED) is 0.771. The van der Waals surface area contributed by atoms with Gasteiger partial charge in [0.2, 0.25) is 15.9 Å². The second-order valence-corrected chi connectivity index (χ2v) is 6.30. The zero-order valence-corrected chi connectivity index (χ0v) is 12.5. The van der Waals surface area contributed by atoms with Crippen molar-refractivity contribution < 1.29 is 13.2 Å². The number of hydrogen-bond donors (Lipinski definition) is 3. The molecular weight excluding hydrogens is 292 g/mol. The molecule has 21 heavy (non-hydrogen) atoms. The summed E-state index contributed by atoms with van der Waals surface area (Å²) in [7, 11) is -3.67. The van der Waals surface area contributed by atoms with Crippen LogP contribution in [0.5, 0.6) is 0 Å². The van der Waals surface area contributed by atoms with E-state index in [2.05, 4.69) is 20.0 Å². The highest BCUT2D eigenvalue weighted by Crippen LogP contribution is 2.20. The van der Waals surface area contributed by atoms with Gasteiger partial charge < -0.3 is 10.3 Å². The first-order valence-electron chi connectivity index (χ1n) is 6.23. The van der Waals surface area contributed by atoms with Gasteiger partial charge in [-0.05, 0) is 24.6 Å². The lowest BCUT2D eigenvalue weighted by atomic mass is 10.2.